The number of anilines is 1. The van der Waals surface area contributed by atoms with E-state index < -0.39 is 0 Å². The zero-order chi connectivity index (χ0) is 14.8. The molecule has 1 fully saturated rings. The maximum atomic E-state index is 4.98. The summed E-state index contributed by atoms with van der Waals surface area (Å²) in [7, 11) is 0. The van der Waals surface area contributed by atoms with E-state index >= 15 is 0 Å². The van der Waals surface area contributed by atoms with E-state index in [1.54, 1.807) is 0 Å². The van der Waals surface area contributed by atoms with Crippen molar-refractivity contribution in [3.8, 4) is 0 Å². The zero-order valence-corrected chi connectivity index (χ0v) is 13.0. The fourth-order valence-corrected chi connectivity index (χ4v) is 3.74. The van der Waals surface area contributed by atoms with Crippen molar-refractivity contribution in [2.45, 2.75) is 44.9 Å². The van der Waals surface area contributed by atoms with Crippen molar-refractivity contribution in [2.75, 3.05) is 4.90 Å². The molecule has 0 unspecified atom stereocenters. The number of hydrogen-bond donors (Lipinski definition) is 0. The fraction of sp³-hybridized carbons (Fsp3) is 0.400. The van der Waals surface area contributed by atoms with Gasteiger partial charge in [-0.1, -0.05) is 55.7 Å². The molecule has 0 atom stereocenters. The smallest absolute Gasteiger partial charge is 0.234 e. The molecule has 0 amide bonds. The Kier molecular flexibility index (Phi) is 3.70. The normalized spacial score (nSPS) is 21.8. The molecule has 1 heterocycles. The quantitative estimate of drug-likeness (QED) is 0.762. The second-order valence-corrected chi connectivity index (χ2v) is 6.46. The lowest BCUT2D eigenvalue weighted by atomic mass is 9.86. The molecule has 4 rings (SSSR count). The van der Waals surface area contributed by atoms with E-state index in [-0.39, 0.29) is 0 Å². The van der Waals surface area contributed by atoms with Crippen molar-refractivity contribution in [3.05, 3.63) is 54.1 Å². The average molecular weight is 291 g/mol. The molecule has 1 aromatic carbocycles. The van der Waals surface area contributed by atoms with Crippen LogP contribution in [0.25, 0.3) is 0 Å². The first-order valence-electron chi connectivity index (χ1n) is 8.60. The number of nitrogens with zero attached hydrogens (tertiary/aromatic N) is 2. The Morgan fingerprint density at radius 1 is 1.00 bits per heavy atom. The maximum Gasteiger partial charge on any atom is 0.327 e. The van der Waals surface area contributed by atoms with E-state index in [4.69, 9.17) is 4.67 Å². The molecular formula is C20H23N2+. The zero-order valence-electron chi connectivity index (χ0n) is 13.0. The van der Waals surface area contributed by atoms with E-state index in [1.165, 1.54) is 55.0 Å². The van der Waals surface area contributed by atoms with Gasteiger partial charge >= 0.3 is 11.7 Å². The maximum absolute atomic E-state index is 4.98. The van der Waals surface area contributed by atoms with E-state index in [2.05, 4.69) is 53.5 Å². The molecular weight excluding hydrogens is 268 g/mol. The van der Waals surface area contributed by atoms with Crippen LogP contribution in [0.2, 0.25) is 0 Å². The Morgan fingerprint density at radius 3 is 2.55 bits per heavy atom. The van der Waals surface area contributed by atoms with Crippen LogP contribution in [0.3, 0.4) is 0 Å². The molecule has 0 radical (unpaired) electrons. The highest BCUT2D eigenvalue weighted by molar-refractivity contribution is 6.31. The van der Waals surface area contributed by atoms with E-state index in [9.17, 15) is 0 Å². The first kappa shape index (κ1) is 13.6. The standard InChI is InChI=1S/C20H23N2/c1-4-10-16(11-5-1)19-21-20(17-12-6-2-7-13-17)22(19)18-14-8-3-9-15-18/h1,3-4,8-10,14-15,17H,2,5-7,11-13H2/q+1. The van der Waals surface area contributed by atoms with Crippen molar-refractivity contribution < 1.29 is 0 Å². The molecule has 1 aromatic rings. The molecule has 0 N–H and O–H groups in total. The summed E-state index contributed by atoms with van der Waals surface area (Å²) >= 11 is 0. The largest absolute Gasteiger partial charge is 0.327 e. The first-order valence-corrected chi connectivity index (χ1v) is 8.60. The van der Waals surface area contributed by atoms with Crippen molar-refractivity contribution >= 4 is 17.4 Å². The van der Waals surface area contributed by atoms with Gasteiger partial charge in [0.15, 0.2) is 0 Å². The van der Waals surface area contributed by atoms with Crippen LogP contribution in [-0.2, 0) is 0 Å². The number of amidine groups is 2. The van der Waals surface area contributed by atoms with Crippen molar-refractivity contribution in [3.63, 3.8) is 0 Å². The second kappa shape index (κ2) is 5.98. The molecule has 1 saturated carbocycles. The summed E-state index contributed by atoms with van der Waals surface area (Å²) in [5.74, 6) is 3.13. The molecule has 112 valence electrons. The van der Waals surface area contributed by atoms with Gasteiger partial charge in [0.05, 0.1) is 5.92 Å². The lowest BCUT2D eigenvalue weighted by Gasteiger charge is -2.30. The van der Waals surface area contributed by atoms with Gasteiger partial charge in [0.1, 0.15) is 5.69 Å². The number of para-hydroxylation sites is 1. The number of benzene rings is 1. The minimum absolute atomic E-state index is 0.650. The molecule has 0 aromatic heterocycles. The minimum atomic E-state index is 0.650. The van der Waals surface area contributed by atoms with Gasteiger partial charge in [-0.3, -0.25) is 0 Å². The van der Waals surface area contributed by atoms with Crippen molar-refractivity contribution in [1.82, 2.24) is 4.67 Å². The minimum Gasteiger partial charge on any atom is -0.234 e. The summed E-state index contributed by atoms with van der Waals surface area (Å²) in [6.07, 6.45) is 15.6. The highest BCUT2D eigenvalue weighted by atomic mass is 15.3. The topological polar surface area (TPSA) is 17.3 Å². The number of allylic oxidation sites excluding steroid dienone is 3. The summed E-state index contributed by atoms with van der Waals surface area (Å²) in [5.41, 5.74) is 2.65. The molecule has 22 heavy (non-hydrogen) atoms. The van der Waals surface area contributed by atoms with Gasteiger partial charge in [-0.25, -0.2) is 4.67 Å². The summed E-state index contributed by atoms with van der Waals surface area (Å²) in [4.78, 5) is 2.42. The Hall–Kier alpha value is -2.05. The highest BCUT2D eigenvalue weighted by Crippen LogP contribution is 2.31. The van der Waals surface area contributed by atoms with Crippen LogP contribution in [-0.4, -0.2) is 11.7 Å². The van der Waals surface area contributed by atoms with Crippen molar-refractivity contribution in [2.24, 2.45) is 5.92 Å². The number of rotatable bonds is 3. The van der Waals surface area contributed by atoms with Crippen LogP contribution < -0.4 is 9.57 Å². The van der Waals surface area contributed by atoms with Crippen LogP contribution in [0.1, 0.15) is 44.9 Å². The third-order valence-corrected chi connectivity index (χ3v) is 4.95. The van der Waals surface area contributed by atoms with Gasteiger partial charge < -0.3 is 0 Å². The van der Waals surface area contributed by atoms with Crippen LogP contribution in [0.4, 0.5) is 5.69 Å². The Morgan fingerprint density at radius 2 is 1.82 bits per heavy atom. The van der Waals surface area contributed by atoms with Crippen LogP contribution in [0.5, 0.6) is 0 Å². The monoisotopic (exact) mass is 291 g/mol. The van der Waals surface area contributed by atoms with Crippen LogP contribution >= 0.6 is 0 Å². The average Bonchev–Trinajstić information content (AvgIpc) is 2.57. The Bertz CT molecular complexity index is 669. The van der Waals surface area contributed by atoms with Gasteiger partial charge in [-0.05, 0) is 37.8 Å². The number of hydrogen-bond acceptors (Lipinski definition) is 1. The molecule has 2 heteroatoms. The highest BCUT2D eigenvalue weighted by Gasteiger charge is 2.42. The second-order valence-electron chi connectivity index (χ2n) is 6.46. The van der Waals surface area contributed by atoms with E-state index in [0.29, 0.717) is 5.92 Å². The lowest BCUT2D eigenvalue weighted by molar-refractivity contribution is 0.435. The summed E-state index contributed by atoms with van der Waals surface area (Å²) in [6, 6.07) is 10.7. The molecule has 1 aliphatic heterocycles. The first-order chi connectivity index (χ1) is 10.9. The van der Waals surface area contributed by atoms with Crippen molar-refractivity contribution in [1.29, 1.82) is 0 Å². The summed E-state index contributed by atoms with van der Waals surface area (Å²) in [6.45, 7) is 0. The fourth-order valence-electron chi connectivity index (χ4n) is 3.74. The molecule has 0 bridgehead atoms. The van der Waals surface area contributed by atoms with Crippen LogP contribution in [0, 0.1) is 5.92 Å². The van der Waals surface area contributed by atoms with Gasteiger partial charge in [0.2, 0.25) is 0 Å². The van der Waals surface area contributed by atoms with Gasteiger partial charge in [-0.2, -0.15) is 4.90 Å². The molecule has 3 aliphatic rings. The third-order valence-electron chi connectivity index (χ3n) is 4.95. The van der Waals surface area contributed by atoms with Gasteiger partial charge in [0.25, 0.3) is 0 Å². The third kappa shape index (κ3) is 2.44. The summed E-state index contributed by atoms with van der Waals surface area (Å²) in [5, 5.41) is 0. The predicted molar refractivity (Wildman–Crippen MR) is 94.1 cm³/mol. The molecule has 2 aliphatic carbocycles. The summed E-state index contributed by atoms with van der Waals surface area (Å²) < 4.78 is 4.98. The molecule has 0 saturated heterocycles. The van der Waals surface area contributed by atoms with Crippen LogP contribution in [0.15, 0.2) is 54.1 Å². The SMILES string of the molecule is C1=CCCC(C2=[N+]=C(C3CCCCC3)N2c2ccccc2)=C1. The predicted octanol–water partition coefficient (Wildman–Crippen LogP) is 4.23. The Labute approximate surface area is 132 Å². The van der Waals surface area contributed by atoms with E-state index in [1.807, 2.05) is 0 Å². The van der Waals surface area contributed by atoms with Gasteiger partial charge in [0, 0.05) is 5.57 Å². The molecule has 2 nitrogen and oxygen atoms in total. The van der Waals surface area contributed by atoms with Gasteiger partial charge in [-0.15, -0.1) is 0 Å². The van der Waals surface area contributed by atoms with E-state index in [0.717, 1.165) is 12.8 Å². The Balaban J connectivity index is 1.70. The lowest BCUT2D eigenvalue weighted by Crippen LogP contribution is -2.53. The molecule has 0 spiro atoms.